The molecule has 1 amide bonds. The molecule has 1 aliphatic heterocycles. The molecule has 0 unspecified atom stereocenters. The largest absolute Gasteiger partial charge is 0.416 e. The van der Waals surface area contributed by atoms with E-state index in [1.165, 1.54) is 24.4 Å². The molecule has 1 heterocycles. The smallest absolute Gasteiger partial charge is 0.411 e. The van der Waals surface area contributed by atoms with E-state index >= 15 is 0 Å². The molecule has 0 aromatic heterocycles. The van der Waals surface area contributed by atoms with E-state index in [0.717, 1.165) is 17.8 Å². The summed E-state index contributed by atoms with van der Waals surface area (Å²) in [4.78, 5) is 16.6. The zero-order valence-electron chi connectivity index (χ0n) is 18.0. The molecule has 3 rings (SSSR count). The van der Waals surface area contributed by atoms with Crippen LogP contribution in [-0.4, -0.2) is 55.6 Å². The van der Waals surface area contributed by atoms with E-state index in [-0.39, 0.29) is 17.5 Å². The molecule has 32 heavy (non-hydrogen) atoms. The van der Waals surface area contributed by atoms with E-state index in [1.807, 2.05) is 0 Å². The first-order valence-corrected chi connectivity index (χ1v) is 15.4. The maximum Gasteiger partial charge on any atom is 0.416 e. The minimum Gasteiger partial charge on any atom is -0.411 e. The number of carbonyl (C=O) groups is 1. The first-order chi connectivity index (χ1) is 15.0. The predicted molar refractivity (Wildman–Crippen MR) is 126 cm³/mol. The maximum absolute atomic E-state index is 14.7. The van der Waals surface area contributed by atoms with E-state index < -0.39 is 42.9 Å². The van der Waals surface area contributed by atoms with Crippen LogP contribution in [0.2, 0.25) is 25.7 Å². The summed E-state index contributed by atoms with van der Waals surface area (Å²) < 4.78 is 39.7. The number of rotatable bonds is 8. The number of alkyl halides is 1. The zero-order chi connectivity index (χ0) is 23.6. The number of aliphatic imine (C=N–C) groups is 1. The Morgan fingerprint density at radius 2 is 2.25 bits per heavy atom. The van der Waals surface area contributed by atoms with E-state index in [4.69, 9.17) is 14.7 Å². The van der Waals surface area contributed by atoms with Crippen molar-refractivity contribution in [3.63, 3.8) is 0 Å². The number of oxime groups is 1. The molecule has 1 fully saturated rings. The molecule has 1 aliphatic carbocycles. The highest BCUT2D eigenvalue weighted by molar-refractivity contribution is 9.10. The monoisotopic (exact) mass is 549 g/mol. The zero-order valence-corrected chi connectivity index (χ0v) is 21.4. The topological polar surface area (TPSA) is 92.5 Å². The van der Waals surface area contributed by atoms with Crippen molar-refractivity contribution in [1.29, 1.82) is 0 Å². The average molecular weight is 550 g/mol. The number of nitrogens with one attached hydrogen (secondary N) is 1. The molecule has 2 N–H and O–H groups in total. The van der Waals surface area contributed by atoms with E-state index in [9.17, 15) is 13.6 Å². The number of hydrogen-bond acceptors (Lipinski definition) is 7. The molecule has 0 bridgehead atoms. The number of fused-ring (bicyclic) bond motifs is 1. The summed E-state index contributed by atoms with van der Waals surface area (Å²) in [5.41, 5.74) is -1.56. The third-order valence-electron chi connectivity index (χ3n) is 5.47. The first-order valence-electron chi connectivity index (χ1n) is 10.1. The van der Waals surface area contributed by atoms with E-state index in [0.29, 0.717) is 17.5 Å². The summed E-state index contributed by atoms with van der Waals surface area (Å²) in [7, 11) is -1.24. The highest BCUT2D eigenvalue weighted by atomic mass is 79.9. The number of alkyl carbamates (subject to hydrolysis) is 1. The van der Waals surface area contributed by atoms with Gasteiger partial charge in [0, 0.05) is 30.6 Å². The first kappa shape index (κ1) is 25.1. The SMILES string of the molecule is C[Si](C)(C)CCOCNC(=O)OC1=N[C@](CF)(c2cc(Br)ccc2F)[C@@H]2C[C@]2(/C=N/O)S1. The van der Waals surface area contributed by atoms with Crippen LogP contribution in [0, 0.1) is 11.7 Å². The second-order valence-corrected chi connectivity index (χ2v) is 16.9. The third-order valence-corrected chi connectivity index (χ3v) is 8.95. The molecule has 7 nitrogen and oxygen atoms in total. The Hall–Kier alpha value is -1.50. The molecule has 12 heteroatoms. The fraction of sp³-hybridized carbons (Fsp3) is 0.550. The Morgan fingerprint density at radius 3 is 2.91 bits per heavy atom. The second kappa shape index (κ2) is 9.78. The number of halogens is 3. The van der Waals surface area contributed by atoms with Crippen molar-refractivity contribution >= 4 is 53.3 Å². The van der Waals surface area contributed by atoms with Gasteiger partial charge >= 0.3 is 6.09 Å². The van der Waals surface area contributed by atoms with Crippen molar-refractivity contribution in [2.24, 2.45) is 16.1 Å². The molecular formula is C20H26BrF2N3O4SSi. The van der Waals surface area contributed by atoms with Gasteiger partial charge in [0.25, 0.3) is 5.23 Å². The summed E-state index contributed by atoms with van der Waals surface area (Å²) >= 11 is 4.34. The average Bonchev–Trinajstić information content (AvgIpc) is 3.43. The van der Waals surface area contributed by atoms with Gasteiger partial charge in [0.1, 0.15) is 24.8 Å². The standard InChI is InChI=1S/C20H26BrF2N3O4SSi/c1-32(2,3)7-6-29-12-24-17(27)30-18-26-20(10-22,14-8-13(21)4-5-15(14)23)16-9-19(16,31-18)11-25-28/h4-5,8,11,16,28H,6-7,9-10,12H2,1-3H3,(H,24,27)/b25-11+/t16-,19-,20-/m1/s1. The Labute approximate surface area is 199 Å². The lowest BCUT2D eigenvalue weighted by molar-refractivity contribution is 0.120. The summed E-state index contributed by atoms with van der Waals surface area (Å²) in [5, 5.41) is 14.6. The lowest BCUT2D eigenvalue weighted by atomic mass is 9.85. The molecule has 2 aliphatic rings. The maximum atomic E-state index is 14.7. The van der Waals surface area contributed by atoms with Gasteiger partial charge in [0.15, 0.2) is 0 Å². The van der Waals surface area contributed by atoms with Crippen LogP contribution in [0.15, 0.2) is 32.8 Å². The van der Waals surface area contributed by atoms with Crippen molar-refractivity contribution in [1.82, 2.24) is 5.32 Å². The van der Waals surface area contributed by atoms with Crippen molar-refractivity contribution in [2.75, 3.05) is 20.0 Å². The van der Waals surface area contributed by atoms with Crippen LogP contribution in [0.1, 0.15) is 12.0 Å². The van der Waals surface area contributed by atoms with Crippen molar-refractivity contribution in [3.8, 4) is 0 Å². The quantitative estimate of drug-likeness (QED) is 0.117. The Morgan fingerprint density at radius 1 is 1.50 bits per heavy atom. The van der Waals surface area contributed by atoms with Gasteiger partial charge in [-0.2, -0.15) is 0 Å². The number of carbonyl (C=O) groups excluding carboxylic acids is 1. The summed E-state index contributed by atoms with van der Waals surface area (Å²) in [6, 6.07) is 5.16. The number of hydrogen-bond donors (Lipinski definition) is 2. The molecule has 1 aromatic rings. The highest BCUT2D eigenvalue weighted by Gasteiger charge is 2.69. The van der Waals surface area contributed by atoms with E-state index in [2.05, 4.69) is 51.0 Å². The van der Waals surface area contributed by atoms with Gasteiger partial charge in [-0.05, 0) is 30.7 Å². The number of thioether (sulfide) groups is 1. The molecule has 3 atom stereocenters. The van der Waals surface area contributed by atoms with Crippen LogP contribution in [-0.2, 0) is 15.0 Å². The van der Waals surface area contributed by atoms with Crippen LogP contribution in [0.3, 0.4) is 0 Å². The Bertz CT molecular complexity index is 933. The van der Waals surface area contributed by atoms with Gasteiger partial charge < -0.3 is 14.7 Å². The van der Waals surface area contributed by atoms with Crippen LogP contribution < -0.4 is 5.32 Å². The van der Waals surface area contributed by atoms with Gasteiger partial charge in [-0.25, -0.2) is 18.6 Å². The normalized spacial score (nSPS) is 27.1. The van der Waals surface area contributed by atoms with Crippen LogP contribution in [0.4, 0.5) is 13.6 Å². The minimum absolute atomic E-state index is 0.0400. The van der Waals surface area contributed by atoms with Gasteiger partial charge in [-0.3, -0.25) is 5.32 Å². The van der Waals surface area contributed by atoms with Gasteiger partial charge in [0.2, 0.25) is 0 Å². The van der Waals surface area contributed by atoms with Crippen molar-refractivity contribution in [3.05, 3.63) is 34.1 Å². The number of benzene rings is 1. The lowest BCUT2D eigenvalue weighted by Gasteiger charge is -2.34. The predicted octanol–water partition coefficient (Wildman–Crippen LogP) is 5.11. The molecule has 176 valence electrons. The van der Waals surface area contributed by atoms with Crippen LogP contribution in [0.5, 0.6) is 0 Å². The third kappa shape index (κ3) is 5.52. The molecule has 1 saturated carbocycles. The van der Waals surface area contributed by atoms with Gasteiger partial charge in [-0.1, -0.05) is 47.3 Å². The molecule has 1 aromatic carbocycles. The molecule has 0 radical (unpaired) electrons. The lowest BCUT2D eigenvalue weighted by Crippen LogP contribution is -2.40. The molecule has 0 saturated heterocycles. The molecular weight excluding hydrogens is 524 g/mol. The highest BCUT2D eigenvalue weighted by Crippen LogP contribution is 2.65. The fourth-order valence-corrected chi connectivity index (χ4v) is 6.09. The van der Waals surface area contributed by atoms with E-state index in [1.54, 1.807) is 0 Å². The van der Waals surface area contributed by atoms with Crippen LogP contribution >= 0.6 is 27.7 Å². The number of amides is 1. The minimum atomic E-state index is -1.61. The number of ether oxygens (including phenoxy) is 2. The second-order valence-electron chi connectivity index (χ2n) is 9.05. The number of nitrogens with zero attached hydrogens (tertiary/aromatic N) is 2. The summed E-state index contributed by atoms with van der Waals surface area (Å²) in [5.74, 6) is -1.09. The van der Waals surface area contributed by atoms with Crippen molar-refractivity contribution in [2.45, 2.75) is 42.4 Å². The fourth-order valence-electron chi connectivity index (χ4n) is 3.63. The molecule has 0 spiro atoms. The van der Waals surface area contributed by atoms with Gasteiger partial charge in [0.05, 0.1) is 11.0 Å². The van der Waals surface area contributed by atoms with Gasteiger partial charge in [-0.15, -0.1) is 5.16 Å². The summed E-state index contributed by atoms with van der Waals surface area (Å²) in [6.07, 6.45) is 0.829. The Kier molecular flexibility index (Phi) is 7.68. The Balaban J connectivity index is 1.77. The van der Waals surface area contributed by atoms with Crippen molar-refractivity contribution < 1.29 is 28.3 Å². The summed E-state index contributed by atoms with van der Waals surface area (Å²) in [6.45, 7) is 6.13. The van der Waals surface area contributed by atoms with Crippen LogP contribution in [0.25, 0.3) is 0 Å².